The zero-order valence-corrected chi connectivity index (χ0v) is 12.4. The van der Waals surface area contributed by atoms with Crippen LogP contribution in [-0.4, -0.2) is 9.78 Å². The summed E-state index contributed by atoms with van der Waals surface area (Å²) >= 11 is 6.05. The van der Waals surface area contributed by atoms with Crippen LogP contribution in [0.25, 0.3) is 0 Å². The van der Waals surface area contributed by atoms with Crippen molar-refractivity contribution in [3.8, 4) is 0 Å². The van der Waals surface area contributed by atoms with Crippen LogP contribution >= 0.6 is 11.6 Å². The summed E-state index contributed by atoms with van der Waals surface area (Å²) in [5.74, 6) is 0. The third kappa shape index (κ3) is 3.37. The van der Waals surface area contributed by atoms with E-state index in [0.717, 1.165) is 18.0 Å². The minimum atomic E-state index is 0.318. The van der Waals surface area contributed by atoms with Crippen LogP contribution in [0.4, 0.5) is 0 Å². The molecule has 0 fully saturated rings. The molecule has 0 bridgehead atoms. The van der Waals surface area contributed by atoms with E-state index in [1.807, 2.05) is 36.1 Å². The highest BCUT2D eigenvalue weighted by atomic mass is 35.5. The average Bonchev–Trinajstić information content (AvgIpc) is 2.71. The Kier molecular flexibility index (Phi) is 4.61. The second kappa shape index (κ2) is 6.22. The van der Waals surface area contributed by atoms with Crippen molar-refractivity contribution in [3.05, 3.63) is 52.3 Å². The lowest BCUT2D eigenvalue weighted by atomic mass is 10.0. The van der Waals surface area contributed by atoms with Gasteiger partial charge in [0, 0.05) is 35.9 Å². The normalized spacial score (nSPS) is 12.6. The Balaban J connectivity index is 2.06. The standard InChI is InChI=1S/C15H20ClN3/c1-4-15(12-6-5-7-14(16)8-12)17-9-13-10-18-19(3)11(13)2/h5-8,10,15,17H,4,9H2,1-3H3. The van der Waals surface area contributed by atoms with E-state index in [9.17, 15) is 0 Å². The summed E-state index contributed by atoms with van der Waals surface area (Å²) in [5, 5.41) is 8.62. The number of hydrogen-bond donors (Lipinski definition) is 1. The summed E-state index contributed by atoms with van der Waals surface area (Å²) < 4.78 is 1.90. The Hall–Kier alpha value is -1.32. The Bertz CT molecular complexity index is 548. The molecule has 1 unspecified atom stereocenters. The van der Waals surface area contributed by atoms with Crippen molar-refractivity contribution in [2.75, 3.05) is 0 Å². The fourth-order valence-electron chi connectivity index (χ4n) is 2.17. The van der Waals surface area contributed by atoms with Crippen LogP contribution in [0.5, 0.6) is 0 Å². The second-order valence-electron chi connectivity index (χ2n) is 4.78. The summed E-state index contributed by atoms with van der Waals surface area (Å²) in [4.78, 5) is 0. The first kappa shape index (κ1) is 14.1. The number of nitrogens with one attached hydrogen (secondary N) is 1. The molecule has 1 aromatic carbocycles. The van der Waals surface area contributed by atoms with Gasteiger partial charge in [-0.15, -0.1) is 0 Å². The quantitative estimate of drug-likeness (QED) is 0.905. The Morgan fingerprint density at radius 1 is 1.42 bits per heavy atom. The Morgan fingerprint density at radius 3 is 2.79 bits per heavy atom. The molecule has 0 spiro atoms. The van der Waals surface area contributed by atoms with E-state index >= 15 is 0 Å². The van der Waals surface area contributed by atoms with Crippen LogP contribution in [0.2, 0.25) is 5.02 Å². The van der Waals surface area contributed by atoms with E-state index in [4.69, 9.17) is 11.6 Å². The van der Waals surface area contributed by atoms with E-state index in [1.54, 1.807) is 0 Å². The number of rotatable bonds is 5. The van der Waals surface area contributed by atoms with Gasteiger partial charge < -0.3 is 5.32 Å². The highest BCUT2D eigenvalue weighted by Gasteiger charge is 2.11. The second-order valence-corrected chi connectivity index (χ2v) is 5.21. The summed E-state index contributed by atoms with van der Waals surface area (Å²) in [6.45, 7) is 5.09. The van der Waals surface area contributed by atoms with Gasteiger partial charge in [0.05, 0.1) is 6.20 Å². The van der Waals surface area contributed by atoms with Crippen molar-refractivity contribution in [2.24, 2.45) is 7.05 Å². The molecule has 0 radical (unpaired) electrons. The van der Waals surface area contributed by atoms with Gasteiger partial charge in [-0.3, -0.25) is 4.68 Å². The van der Waals surface area contributed by atoms with Gasteiger partial charge in [-0.2, -0.15) is 5.10 Å². The summed E-state index contributed by atoms with van der Waals surface area (Å²) in [7, 11) is 1.97. The number of halogens is 1. The predicted octanol–water partition coefficient (Wildman–Crippen LogP) is 3.62. The van der Waals surface area contributed by atoms with Crippen LogP contribution in [0.1, 0.15) is 36.2 Å². The lowest BCUT2D eigenvalue weighted by Gasteiger charge is -2.17. The van der Waals surface area contributed by atoms with Gasteiger partial charge in [0.15, 0.2) is 0 Å². The molecule has 4 heteroatoms. The zero-order valence-electron chi connectivity index (χ0n) is 11.7. The number of hydrogen-bond acceptors (Lipinski definition) is 2. The molecule has 0 aliphatic heterocycles. The SMILES string of the molecule is CCC(NCc1cnn(C)c1C)c1cccc(Cl)c1. The molecule has 1 atom stereocenters. The topological polar surface area (TPSA) is 29.9 Å². The van der Waals surface area contributed by atoms with Crippen molar-refractivity contribution in [1.82, 2.24) is 15.1 Å². The number of nitrogens with zero attached hydrogens (tertiary/aromatic N) is 2. The fourth-order valence-corrected chi connectivity index (χ4v) is 2.37. The summed E-state index contributed by atoms with van der Waals surface area (Å²) in [5.41, 5.74) is 3.67. The van der Waals surface area contributed by atoms with Gasteiger partial charge in [-0.05, 0) is 31.0 Å². The number of benzene rings is 1. The van der Waals surface area contributed by atoms with Crippen molar-refractivity contribution < 1.29 is 0 Å². The summed E-state index contributed by atoms with van der Waals surface area (Å²) in [6.07, 6.45) is 2.95. The monoisotopic (exact) mass is 277 g/mol. The molecule has 1 N–H and O–H groups in total. The molecule has 2 rings (SSSR count). The minimum absolute atomic E-state index is 0.318. The third-order valence-electron chi connectivity index (χ3n) is 3.54. The van der Waals surface area contributed by atoms with Crippen LogP contribution in [-0.2, 0) is 13.6 Å². The summed E-state index contributed by atoms with van der Waals surface area (Å²) in [6, 6.07) is 8.36. The first-order valence-electron chi connectivity index (χ1n) is 6.58. The third-order valence-corrected chi connectivity index (χ3v) is 3.77. The lowest BCUT2D eigenvalue weighted by molar-refractivity contribution is 0.518. The number of aryl methyl sites for hydroxylation is 1. The largest absolute Gasteiger partial charge is 0.306 e. The molecule has 0 amide bonds. The molecule has 1 aromatic heterocycles. The van der Waals surface area contributed by atoms with Gasteiger partial charge in [-0.1, -0.05) is 30.7 Å². The van der Waals surface area contributed by atoms with Crippen LogP contribution in [0.3, 0.4) is 0 Å². The van der Waals surface area contributed by atoms with E-state index in [1.165, 1.54) is 16.8 Å². The van der Waals surface area contributed by atoms with Crippen LogP contribution in [0, 0.1) is 6.92 Å². The molecule has 0 saturated carbocycles. The van der Waals surface area contributed by atoms with E-state index in [2.05, 4.69) is 30.3 Å². The van der Waals surface area contributed by atoms with Crippen molar-refractivity contribution in [3.63, 3.8) is 0 Å². The maximum absolute atomic E-state index is 6.05. The smallest absolute Gasteiger partial charge is 0.0537 e. The molecule has 3 nitrogen and oxygen atoms in total. The maximum atomic E-state index is 6.05. The predicted molar refractivity (Wildman–Crippen MR) is 79.3 cm³/mol. The highest BCUT2D eigenvalue weighted by molar-refractivity contribution is 6.30. The minimum Gasteiger partial charge on any atom is -0.306 e. The molecule has 0 aliphatic carbocycles. The van der Waals surface area contributed by atoms with Crippen molar-refractivity contribution >= 4 is 11.6 Å². The number of aromatic nitrogens is 2. The Labute approximate surface area is 119 Å². The molecule has 19 heavy (non-hydrogen) atoms. The molecule has 102 valence electrons. The van der Waals surface area contributed by atoms with E-state index in [0.29, 0.717) is 6.04 Å². The maximum Gasteiger partial charge on any atom is 0.0537 e. The fraction of sp³-hybridized carbons (Fsp3) is 0.400. The molecule has 2 aromatic rings. The van der Waals surface area contributed by atoms with Crippen molar-refractivity contribution in [1.29, 1.82) is 0 Å². The molecule has 0 saturated heterocycles. The van der Waals surface area contributed by atoms with Gasteiger partial charge in [0.2, 0.25) is 0 Å². The van der Waals surface area contributed by atoms with Crippen LogP contribution in [0.15, 0.2) is 30.5 Å². The molecule has 1 heterocycles. The zero-order chi connectivity index (χ0) is 13.8. The molecular formula is C15H20ClN3. The van der Waals surface area contributed by atoms with Crippen LogP contribution < -0.4 is 5.32 Å². The van der Waals surface area contributed by atoms with Gasteiger partial charge in [0.1, 0.15) is 0 Å². The van der Waals surface area contributed by atoms with Gasteiger partial charge >= 0.3 is 0 Å². The van der Waals surface area contributed by atoms with E-state index in [-0.39, 0.29) is 0 Å². The van der Waals surface area contributed by atoms with Crippen molar-refractivity contribution in [2.45, 2.75) is 32.9 Å². The Morgan fingerprint density at radius 2 is 2.21 bits per heavy atom. The first-order valence-corrected chi connectivity index (χ1v) is 6.96. The van der Waals surface area contributed by atoms with E-state index < -0.39 is 0 Å². The average molecular weight is 278 g/mol. The van der Waals surface area contributed by atoms with Gasteiger partial charge in [0.25, 0.3) is 0 Å². The first-order chi connectivity index (χ1) is 9.11. The molecule has 0 aliphatic rings. The highest BCUT2D eigenvalue weighted by Crippen LogP contribution is 2.21. The molecular weight excluding hydrogens is 258 g/mol. The van der Waals surface area contributed by atoms with Gasteiger partial charge in [-0.25, -0.2) is 0 Å². The lowest BCUT2D eigenvalue weighted by Crippen LogP contribution is -2.20.